The van der Waals surface area contributed by atoms with Crippen LogP contribution in [0.15, 0.2) is 11.6 Å². The molecule has 3 nitrogen and oxygen atoms in total. The quantitative estimate of drug-likeness (QED) is 0.655. The van der Waals surface area contributed by atoms with E-state index < -0.39 is 0 Å². The number of likely N-dealkylation sites (N-methyl/N-ethyl adjacent to an activating group) is 1. The molecule has 0 saturated carbocycles. The SMILES string of the molecule is CCCC/C(C)=C/CN(CC)C(N)=O. The van der Waals surface area contributed by atoms with Crippen molar-refractivity contribution in [2.24, 2.45) is 5.73 Å². The average Bonchev–Trinajstić information content (AvgIpc) is 2.15. The Balaban J connectivity index is 3.92. The lowest BCUT2D eigenvalue weighted by molar-refractivity contribution is 0.215. The first-order valence-electron chi connectivity index (χ1n) is 5.31. The minimum atomic E-state index is -0.341. The lowest BCUT2D eigenvalue weighted by Gasteiger charge is -2.16. The Bertz CT molecular complexity index is 199. The molecule has 0 fully saturated rings. The molecule has 0 atom stereocenters. The van der Waals surface area contributed by atoms with Crippen LogP contribution in [0.25, 0.3) is 0 Å². The van der Waals surface area contributed by atoms with E-state index in [0.29, 0.717) is 13.1 Å². The number of rotatable bonds is 6. The van der Waals surface area contributed by atoms with Gasteiger partial charge in [-0.2, -0.15) is 0 Å². The molecule has 0 spiro atoms. The summed E-state index contributed by atoms with van der Waals surface area (Å²) in [5.41, 5.74) is 6.53. The third-order valence-electron chi connectivity index (χ3n) is 2.28. The Kier molecular flexibility index (Phi) is 6.89. The Morgan fingerprint density at radius 2 is 2.07 bits per heavy atom. The van der Waals surface area contributed by atoms with Gasteiger partial charge in [-0.3, -0.25) is 0 Å². The molecule has 0 aliphatic heterocycles. The van der Waals surface area contributed by atoms with E-state index in [1.165, 1.54) is 18.4 Å². The van der Waals surface area contributed by atoms with E-state index in [9.17, 15) is 4.79 Å². The second kappa shape index (κ2) is 7.42. The van der Waals surface area contributed by atoms with Gasteiger partial charge < -0.3 is 10.6 Å². The van der Waals surface area contributed by atoms with Gasteiger partial charge >= 0.3 is 6.03 Å². The molecule has 0 aromatic rings. The van der Waals surface area contributed by atoms with E-state index in [1.54, 1.807) is 4.90 Å². The molecule has 0 unspecified atom stereocenters. The Hall–Kier alpha value is -0.990. The van der Waals surface area contributed by atoms with Crippen molar-refractivity contribution in [3.8, 4) is 0 Å². The summed E-state index contributed by atoms with van der Waals surface area (Å²) in [6.45, 7) is 7.52. The minimum Gasteiger partial charge on any atom is -0.351 e. The van der Waals surface area contributed by atoms with E-state index in [1.807, 2.05) is 6.92 Å². The van der Waals surface area contributed by atoms with Crippen LogP contribution in [0.4, 0.5) is 4.79 Å². The first-order valence-corrected chi connectivity index (χ1v) is 5.31. The number of primary amides is 1. The summed E-state index contributed by atoms with van der Waals surface area (Å²) in [5.74, 6) is 0. The summed E-state index contributed by atoms with van der Waals surface area (Å²) in [4.78, 5) is 12.5. The number of nitrogens with zero attached hydrogens (tertiary/aromatic N) is 1. The van der Waals surface area contributed by atoms with E-state index in [-0.39, 0.29) is 6.03 Å². The summed E-state index contributed by atoms with van der Waals surface area (Å²) in [6, 6.07) is -0.341. The zero-order valence-corrected chi connectivity index (χ0v) is 9.55. The molecule has 0 aromatic carbocycles. The number of urea groups is 1. The fraction of sp³-hybridized carbons (Fsp3) is 0.727. The summed E-state index contributed by atoms with van der Waals surface area (Å²) in [5, 5.41) is 0. The van der Waals surface area contributed by atoms with Gasteiger partial charge in [-0.25, -0.2) is 4.79 Å². The molecule has 2 amide bonds. The van der Waals surface area contributed by atoms with Gasteiger partial charge in [0.1, 0.15) is 0 Å². The zero-order valence-electron chi connectivity index (χ0n) is 9.55. The van der Waals surface area contributed by atoms with Crippen LogP contribution in [0.5, 0.6) is 0 Å². The number of carbonyl (C=O) groups is 1. The second-order valence-corrected chi connectivity index (χ2v) is 3.53. The van der Waals surface area contributed by atoms with Crippen molar-refractivity contribution in [2.45, 2.75) is 40.0 Å². The van der Waals surface area contributed by atoms with Gasteiger partial charge in [0.15, 0.2) is 0 Å². The van der Waals surface area contributed by atoms with Crippen LogP contribution in [0, 0.1) is 0 Å². The van der Waals surface area contributed by atoms with Crippen LogP contribution >= 0.6 is 0 Å². The summed E-state index contributed by atoms with van der Waals surface area (Å²) < 4.78 is 0. The molecule has 0 rings (SSSR count). The first-order chi connectivity index (χ1) is 6.61. The third-order valence-corrected chi connectivity index (χ3v) is 2.28. The fourth-order valence-electron chi connectivity index (χ4n) is 1.20. The molecule has 82 valence electrons. The highest BCUT2D eigenvalue weighted by Crippen LogP contribution is 2.06. The Morgan fingerprint density at radius 1 is 1.43 bits per heavy atom. The van der Waals surface area contributed by atoms with Crippen molar-refractivity contribution in [3.63, 3.8) is 0 Å². The van der Waals surface area contributed by atoms with Crippen LogP contribution < -0.4 is 5.73 Å². The second-order valence-electron chi connectivity index (χ2n) is 3.53. The fourth-order valence-corrected chi connectivity index (χ4v) is 1.20. The molecule has 0 aromatic heterocycles. The molecule has 14 heavy (non-hydrogen) atoms. The van der Waals surface area contributed by atoms with Crippen LogP contribution in [0.3, 0.4) is 0 Å². The summed E-state index contributed by atoms with van der Waals surface area (Å²) >= 11 is 0. The van der Waals surface area contributed by atoms with E-state index in [0.717, 1.165) is 6.42 Å². The molecule has 0 heterocycles. The first kappa shape index (κ1) is 13.0. The smallest absolute Gasteiger partial charge is 0.315 e. The van der Waals surface area contributed by atoms with Crippen molar-refractivity contribution in [1.29, 1.82) is 0 Å². The van der Waals surface area contributed by atoms with E-state index in [2.05, 4.69) is 19.9 Å². The molecular formula is C11H22N2O. The van der Waals surface area contributed by atoms with Crippen molar-refractivity contribution in [1.82, 2.24) is 4.90 Å². The van der Waals surface area contributed by atoms with Gasteiger partial charge in [0.05, 0.1) is 0 Å². The lowest BCUT2D eigenvalue weighted by Crippen LogP contribution is -2.35. The maximum atomic E-state index is 10.9. The van der Waals surface area contributed by atoms with Crippen LogP contribution in [0.2, 0.25) is 0 Å². The van der Waals surface area contributed by atoms with Crippen LogP contribution in [-0.4, -0.2) is 24.0 Å². The van der Waals surface area contributed by atoms with Crippen molar-refractivity contribution in [3.05, 3.63) is 11.6 Å². The van der Waals surface area contributed by atoms with E-state index >= 15 is 0 Å². The number of hydrogen-bond acceptors (Lipinski definition) is 1. The molecule has 2 N–H and O–H groups in total. The number of unbranched alkanes of at least 4 members (excludes halogenated alkanes) is 1. The molecular weight excluding hydrogens is 176 g/mol. The van der Waals surface area contributed by atoms with Crippen molar-refractivity contribution < 1.29 is 4.79 Å². The Labute approximate surface area is 87.0 Å². The molecule has 0 aliphatic rings. The monoisotopic (exact) mass is 198 g/mol. The average molecular weight is 198 g/mol. The lowest BCUT2D eigenvalue weighted by atomic mass is 10.1. The summed E-state index contributed by atoms with van der Waals surface area (Å²) in [6.07, 6.45) is 5.63. The highest BCUT2D eigenvalue weighted by molar-refractivity contribution is 5.72. The Morgan fingerprint density at radius 3 is 2.50 bits per heavy atom. The topological polar surface area (TPSA) is 46.3 Å². The highest BCUT2D eigenvalue weighted by Gasteiger charge is 2.03. The molecule has 0 radical (unpaired) electrons. The van der Waals surface area contributed by atoms with Gasteiger partial charge in [-0.1, -0.05) is 25.0 Å². The zero-order chi connectivity index (χ0) is 11.0. The maximum Gasteiger partial charge on any atom is 0.315 e. The number of carbonyl (C=O) groups excluding carboxylic acids is 1. The van der Waals surface area contributed by atoms with Crippen molar-refractivity contribution in [2.75, 3.05) is 13.1 Å². The molecule has 3 heteroatoms. The van der Waals surface area contributed by atoms with Crippen LogP contribution in [-0.2, 0) is 0 Å². The number of amides is 2. The predicted molar refractivity (Wildman–Crippen MR) is 60.1 cm³/mol. The standard InChI is InChI=1S/C11H22N2O/c1-4-6-7-10(3)8-9-13(5-2)11(12)14/h8H,4-7,9H2,1-3H3,(H2,12,14)/b10-8+. The molecule has 0 bridgehead atoms. The van der Waals surface area contributed by atoms with Gasteiger partial charge in [-0.05, 0) is 26.7 Å². The van der Waals surface area contributed by atoms with E-state index in [4.69, 9.17) is 5.73 Å². The van der Waals surface area contributed by atoms with Gasteiger partial charge in [0, 0.05) is 13.1 Å². The number of nitrogens with two attached hydrogens (primary N) is 1. The molecule has 0 saturated heterocycles. The third kappa shape index (κ3) is 5.62. The normalized spacial score (nSPS) is 11.5. The van der Waals surface area contributed by atoms with Gasteiger partial charge in [-0.15, -0.1) is 0 Å². The van der Waals surface area contributed by atoms with Gasteiger partial charge in [0.25, 0.3) is 0 Å². The largest absolute Gasteiger partial charge is 0.351 e. The van der Waals surface area contributed by atoms with Crippen LogP contribution in [0.1, 0.15) is 40.0 Å². The minimum absolute atomic E-state index is 0.341. The summed E-state index contributed by atoms with van der Waals surface area (Å²) in [7, 11) is 0. The highest BCUT2D eigenvalue weighted by atomic mass is 16.2. The number of allylic oxidation sites excluding steroid dienone is 1. The predicted octanol–water partition coefficient (Wildman–Crippen LogP) is 2.52. The molecule has 0 aliphatic carbocycles. The maximum absolute atomic E-state index is 10.9. The van der Waals surface area contributed by atoms with Gasteiger partial charge in [0.2, 0.25) is 0 Å². The van der Waals surface area contributed by atoms with Crippen molar-refractivity contribution >= 4 is 6.03 Å². The number of hydrogen-bond donors (Lipinski definition) is 1.